The van der Waals surface area contributed by atoms with E-state index in [1.165, 1.54) is 0 Å². The summed E-state index contributed by atoms with van der Waals surface area (Å²) in [6.07, 6.45) is 0. The molecule has 2 aromatic rings. The summed E-state index contributed by atoms with van der Waals surface area (Å²) in [4.78, 5) is 16.5. The van der Waals surface area contributed by atoms with E-state index in [4.69, 9.17) is 5.73 Å². The molecule has 0 aliphatic rings. The van der Waals surface area contributed by atoms with Gasteiger partial charge in [-0.05, 0) is 31.9 Å². The lowest BCUT2D eigenvalue weighted by molar-refractivity contribution is -0.121. The monoisotopic (exact) mass is 306 g/mol. The van der Waals surface area contributed by atoms with Crippen molar-refractivity contribution in [1.29, 1.82) is 0 Å². The smallest absolute Gasteiger partial charge is 0.242 e. The Hall–Kier alpha value is -1.82. The maximum absolute atomic E-state index is 12.0. The minimum atomic E-state index is -0.344. The normalized spacial score (nSPS) is 12.6. The third kappa shape index (κ3) is 3.85. The van der Waals surface area contributed by atoms with Gasteiger partial charge in [-0.25, -0.2) is 4.98 Å². The van der Waals surface area contributed by atoms with Crippen LogP contribution in [0.5, 0.6) is 0 Å². The largest absolute Gasteiger partial charge is 0.397 e. The Labute approximate surface area is 128 Å². The van der Waals surface area contributed by atoms with E-state index in [2.05, 4.69) is 29.5 Å². The van der Waals surface area contributed by atoms with Gasteiger partial charge in [-0.2, -0.15) is 0 Å². The van der Waals surface area contributed by atoms with E-state index in [1.54, 1.807) is 11.3 Å². The van der Waals surface area contributed by atoms with Crippen LogP contribution in [0.4, 0.5) is 11.4 Å². The average Bonchev–Trinajstić information content (AvgIpc) is 2.75. The van der Waals surface area contributed by atoms with Crippen LogP contribution >= 0.6 is 11.3 Å². The molecular formula is C15H22N4OS. The van der Waals surface area contributed by atoms with Gasteiger partial charge in [-0.3, -0.25) is 4.79 Å². The van der Waals surface area contributed by atoms with E-state index >= 15 is 0 Å². The van der Waals surface area contributed by atoms with Crippen LogP contribution in [0.25, 0.3) is 10.2 Å². The summed E-state index contributed by atoms with van der Waals surface area (Å²) >= 11 is 1.61. The molecule has 114 valence electrons. The highest BCUT2D eigenvalue weighted by Crippen LogP contribution is 2.30. The molecule has 0 saturated heterocycles. The molecule has 21 heavy (non-hydrogen) atoms. The second-order valence-corrected chi connectivity index (χ2v) is 6.88. The molecule has 1 aromatic heterocycles. The zero-order valence-electron chi connectivity index (χ0n) is 12.9. The predicted molar refractivity (Wildman–Crippen MR) is 89.7 cm³/mol. The fraction of sp³-hybridized carbons (Fsp3) is 0.467. The second kappa shape index (κ2) is 6.30. The number of thiazole rings is 1. The van der Waals surface area contributed by atoms with Gasteiger partial charge in [-0.1, -0.05) is 13.8 Å². The molecule has 1 amide bonds. The number of nitrogens with zero attached hydrogens (tertiary/aromatic N) is 1. The number of nitrogens with two attached hydrogens (primary N) is 1. The molecule has 0 radical (unpaired) electrons. The van der Waals surface area contributed by atoms with Gasteiger partial charge in [0.05, 0.1) is 26.6 Å². The first-order chi connectivity index (χ1) is 9.86. The van der Waals surface area contributed by atoms with E-state index in [0.29, 0.717) is 18.2 Å². The van der Waals surface area contributed by atoms with Crippen LogP contribution in [-0.2, 0) is 4.79 Å². The molecule has 4 N–H and O–H groups in total. The Morgan fingerprint density at radius 3 is 2.76 bits per heavy atom. The number of anilines is 2. The first kappa shape index (κ1) is 15.6. The number of amides is 1. The quantitative estimate of drug-likeness (QED) is 0.742. The summed E-state index contributed by atoms with van der Waals surface area (Å²) in [5.74, 6) is 0.401. The second-order valence-electron chi connectivity index (χ2n) is 5.65. The van der Waals surface area contributed by atoms with Crippen molar-refractivity contribution in [2.24, 2.45) is 5.92 Å². The van der Waals surface area contributed by atoms with Gasteiger partial charge >= 0.3 is 0 Å². The molecule has 6 heteroatoms. The first-order valence-corrected chi connectivity index (χ1v) is 7.89. The van der Waals surface area contributed by atoms with Crippen molar-refractivity contribution < 1.29 is 4.79 Å². The molecule has 0 saturated carbocycles. The minimum absolute atomic E-state index is 0.0299. The van der Waals surface area contributed by atoms with Crippen molar-refractivity contribution in [2.75, 3.05) is 17.6 Å². The molecule has 2 rings (SSSR count). The number of benzene rings is 1. The number of aromatic nitrogens is 1. The molecule has 5 nitrogen and oxygen atoms in total. The molecule has 0 aliphatic carbocycles. The molecule has 0 aliphatic heterocycles. The number of nitrogens with one attached hydrogen (secondary N) is 2. The lowest BCUT2D eigenvalue weighted by Gasteiger charge is -2.17. The van der Waals surface area contributed by atoms with E-state index < -0.39 is 0 Å². The van der Waals surface area contributed by atoms with E-state index in [0.717, 1.165) is 20.9 Å². The topological polar surface area (TPSA) is 80.0 Å². The molecule has 1 unspecified atom stereocenters. The van der Waals surface area contributed by atoms with Crippen molar-refractivity contribution >= 4 is 38.8 Å². The Morgan fingerprint density at radius 2 is 2.10 bits per heavy atom. The van der Waals surface area contributed by atoms with Crippen molar-refractivity contribution in [3.05, 3.63) is 17.1 Å². The third-order valence-electron chi connectivity index (χ3n) is 3.12. The number of hydrogen-bond donors (Lipinski definition) is 3. The Bertz CT molecular complexity index is 650. The maximum Gasteiger partial charge on any atom is 0.242 e. The number of aryl methyl sites for hydroxylation is 1. The van der Waals surface area contributed by atoms with E-state index in [9.17, 15) is 4.79 Å². The van der Waals surface area contributed by atoms with E-state index in [-0.39, 0.29) is 11.9 Å². The van der Waals surface area contributed by atoms with Crippen molar-refractivity contribution in [1.82, 2.24) is 10.3 Å². The zero-order chi connectivity index (χ0) is 15.6. The van der Waals surface area contributed by atoms with Crippen molar-refractivity contribution in [3.63, 3.8) is 0 Å². The molecule has 1 atom stereocenters. The van der Waals surface area contributed by atoms with Crippen LogP contribution in [0.15, 0.2) is 12.1 Å². The van der Waals surface area contributed by atoms with Crippen LogP contribution in [0, 0.1) is 12.8 Å². The summed E-state index contributed by atoms with van der Waals surface area (Å²) in [6, 6.07) is 3.46. The highest BCUT2D eigenvalue weighted by molar-refractivity contribution is 7.18. The third-order valence-corrected chi connectivity index (χ3v) is 4.05. The number of hydrogen-bond acceptors (Lipinski definition) is 5. The fourth-order valence-electron chi connectivity index (χ4n) is 1.99. The van der Waals surface area contributed by atoms with Gasteiger partial charge in [0.25, 0.3) is 0 Å². The van der Waals surface area contributed by atoms with Gasteiger partial charge < -0.3 is 16.4 Å². The molecule has 0 fully saturated rings. The highest BCUT2D eigenvalue weighted by atomic mass is 32.1. The van der Waals surface area contributed by atoms with Gasteiger partial charge in [0.2, 0.25) is 5.91 Å². The number of rotatable bonds is 5. The number of nitrogen functional groups attached to an aromatic ring is 1. The molecular weight excluding hydrogens is 284 g/mol. The van der Waals surface area contributed by atoms with Crippen molar-refractivity contribution in [2.45, 2.75) is 33.7 Å². The fourth-order valence-corrected chi connectivity index (χ4v) is 2.84. The number of carbonyl (C=O) groups is 1. The number of fused-ring (bicyclic) bond motifs is 1. The van der Waals surface area contributed by atoms with Crippen LogP contribution in [0.2, 0.25) is 0 Å². The van der Waals surface area contributed by atoms with Crippen LogP contribution in [-0.4, -0.2) is 23.5 Å². The minimum Gasteiger partial charge on any atom is -0.397 e. The SMILES string of the molecule is Cc1nc2cc(NC(C)C(=O)NCC(C)C)c(N)cc2s1. The van der Waals surface area contributed by atoms with Crippen LogP contribution < -0.4 is 16.4 Å². The Balaban J connectivity index is 2.11. The summed E-state index contributed by atoms with van der Waals surface area (Å²) in [7, 11) is 0. The average molecular weight is 306 g/mol. The molecule has 0 spiro atoms. The Morgan fingerprint density at radius 1 is 1.38 bits per heavy atom. The van der Waals surface area contributed by atoms with Crippen LogP contribution in [0.1, 0.15) is 25.8 Å². The van der Waals surface area contributed by atoms with Gasteiger partial charge in [0.15, 0.2) is 0 Å². The lowest BCUT2D eigenvalue weighted by atomic mass is 10.2. The Kier molecular flexibility index (Phi) is 4.67. The lowest BCUT2D eigenvalue weighted by Crippen LogP contribution is -2.39. The summed E-state index contributed by atoms with van der Waals surface area (Å²) in [5, 5.41) is 7.07. The molecule has 1 heterocycles. The maximum atomic E-state index is 12.0. The van der Waals surface area contributed by atoms with E-state index in [1.807, 2.05) is 26.0 Å². The first-order valence-electron chi connectivity index (χ1n) is 7.07. The van der Waals surface area contributed by atoms with Crippen molar-refractivity contribution in [3.8, 4) is 0 Å². The number of carbonyl (C=O) groups excluding carboxylic acids is 1. The standard InChI is InChI=1S/C15H22N4OS/c1-8(2)7-17-15(20)9(3)18-12-6-13-14(5-11(12)16)21-10(4)19-13/h5-6,8-9,18H,7,16H2,1-4H3,(H,17,20). The molecule has 1 aromatic carbocycles. The molecule has 0 bridgehead atoms. The highest BCUT2D eigenvalue weighted by Gasteiger charge is 2.15. The summed E-state index contributed by atoms with van der Waals surface area (Å²) in [5.41, 5.74) is 8.34. The predicted octanol–water partition coefficient (Wildman–Crippen LogP) is 2.76. The summed E-state index contributed by atoms with van der Waals surface area (Å²) in [6.45, 7) is 8.59. The van der Waals surface area contributed by atoms with Gasteiger partial charge in [0.1, 0.15) is 6.04 Å². The van der Waals surface area contributed by atoms with Crippen LogP contribution in [0.3, 0.4) is 0 Å². The van der Waals surface area contributed by atoms with Gasteiger partial charge in [0, 0.05) is 6.54 Å². The summed E-state index contributed by atoms with van der Waals surface area (Å²) < 4.78 is 1.06. The van der Waals surface area contributed by atoms with Gasteiger partial charge in [-0.15, -0.1) is 11.3 Å². The zero-order valence-corrected chi connectivity index (χ0v) is 13.7.